The van der Waals surface area contributed by atoms with Gasteiger partial charge in [0, 0.05) is 38.8 Å². The van der Waals surface area contributed by atoms with Crippen LogP contribution in [0, 0.1) is 0 Å². The van der Waals surface area contributed by atoms with E-state index in [4.69, 9.17) is 4.42 Å². The van der Waals surface area contributed by atoms with E-state index < -0.39 is 0 Å². The number of para-hydroxylation sites is 3. The average Bonchev–Trinajstić information content (AvgIpc) is 3.65. The van der Waals surface area contributed by atoms with Crippen molar-refractivity contribution in [3.8, 4) is 11.4 Å². The summed E-state index contributed by atoms with van der Waals surface area (Å²) in [6.07, 6.45) is 3.72. The summed E-state index contributed by atoms with van der Waals surface area (Å²) in [4.78, 5) is 4.38. The Balaban J connectivity index is 1.37. The first-order valence-electron chi connectivity index (χ1n) is 13.1. The van der Waals surface area contributed by atoms with Gasteiger partial charge in [0.05, 0.1) is 39.3 Å². The van der Waals surface area contributed by atoms with E-state index in [1.807, 2.05) is 18.5 Å². The lowest BCUT2D eigenvalue weighted by atomic mass is 10.1. The van der Waals surface area contributed by atoms with Crippen LogP contribution in [0.5, 0.6) is 0 Å². The summed E-state index contributed by atoms with van der Waals surface area (Å²) in [5, 5.41) is 7.05. The van der Waals surface area contributed by atoms with E-state index in [1.54, 1.807) is 0 Å². The molecule has 0 amide bonds. The molecule has 0 radical (unpaired) electrons. The number of rotatable bonds is 2. The highest BCUT2D eigenvalue weighted by Crippen LogP contribution is 2.41. The van der Waals surface area contributed by atoms with Gasteiger partial charge in [0.25, 0.3) is 0 Å². The zero-order valence-corrected chi connectivity index (χ0v) is 20.9. The lowest BCUT2D eigenvalue weighted by molar-refractivity contribution is 0.673. The van der Waals surface area contributed by atoms with Gasteiger partial charge in [-0.25, -0.2) is 0 Å². The van der Waals surface area contributed by atoms with Crippen molar-refractivity contribution < 1.29 is 4.42 Å². The maximum Gasteiger partial charge on any atom is 0.145 e. The minimum Gasteiger partial charge on any atom is -0.455 e. The predicted molar refractivity (Wildman–Crippen MR) is 160 cm³/mol. The number of furan rings is 1. The molecule has 5 aromatic carbocycles. The molecule has 39 heavy (non-hydrogen) atoms. The Labute approximate surface area is 222 Å². The summed E-state index contributed by atoms with van der Waals surface area (Å²) in [7, 11) is 0. The third-order valence-corrected chi connectivity index (χ3v) is 8.00. The zero-order valence-electron chi connectivity index (χ0n) is 20.9. The maximum atomic E-state index is 6.63. The van der Waals surface area contributed by atoms with Gasteiger partial charge in [-0.3, -0.25) is 4.98 Å². The number of aromatic nitrogens is 3. The van der Waals surface area contributed by atoms with E-state index in [2.05, 4.69) is 123 Å². The minimum atomic E-state index is 0.889. The molecule has 4 nitrogen and oxygen atoms in total. The molecule has 182 valence electrons. The van der Waals surface area contributed by atoms with Crippen LogP contribution in [0.1, 0.15) is 0 Å². The quantitative estimate of drug-likeness (QED) is 0.238. The van der Waals surface area contributed by atoms with Crippen molar-refractivity contribution in [1.82, 2.24) is 14.1 Å². The molecule has 9 aromatic rings. The van der Waals surface area contributed by atoms with Gasteiger partial charge >= 0.3 is 0 Å². The molecule has 0 N–H and O–H groups in total. The molecule has 0 aliphatic carbocycles. The molecule has 4 aromatic heterocycles. The third-order valence-electron chi connectivity index (χ3n) is 8.00. The van der Waals surface area contributed by atoms with E-state index in [-0.39, 0.29) is 0 Å². The first kappa shape index (κ1) is 20.7. The molecular weight excluding hydrogens is 478 g/mol. The highest BCUT2D eigenvalue weighted by molar-refractivity contribution is 6.24. The fourth-order valence-corrected chi connectivity index (χ4v) is 6.38. The van der Waals surface area contributed by atoms with Gasteiger partial charge in [-0.1, -0.05) is 54.6 Å². The van der Waals surface area contributed by atoms with E-state index in [1.165, 1.54) is 27.2 Å². The van der Waals surface area contributed by atoms with Crippen LogP contribution in [-0.4, -0.2) is 14.1 Å². The highest BCUT2D eigenvalue weighted by Gasteiger charge is 2.19. The molecule has 0 fully saturated rings. The first-order chi connectivity index (χ1) is 19.4. The molecule has 4 heteroatoms. The molecule has 9 rings (SSSR count). The number of fused-ring (bicyclic) bond motifs is 10. The van der Waals surface area contributed by atoms with Crippen LogP contribution in [0.2, 0.25) is 0 Å². The van der Waals surface area contributed by atoms with Crippen LogP contribution < -0.4 is 0 Å². The molecular formula is C35H21N3O. The first-order valence-corrected chi connectivity index (χ1v) is 13.1. The Morgan fingerprint density at radius 1 is 0.487 bits per heavy atom. The monoisotopic (exact) mass is 499 g/mol. The van der Waals surface area contributed by atoms with Gasteiger partial charge in [0.1, 0.15) is 11.2 Å². The molecule has 4 heterocycles. The average molecular weight is 500 g/mol. The second-order valence-corrected chi connectivity index (χ2v) is 10.1. The summed E-state index contributed by atoms with van der Waals surface area (Å²) in [5.74, 6) is 0. The Morgan fingerprint density at radius 3 is 1.87 bits per heavy atom. The summed E-state index contributed by atoms with van der Waals surface area (Å²) < 4.78 is 11.3. The lowest BCUT2D eigenvalue weighted by Gasteiger charge is -2.08. The van der Waals surface area contributed by atoms with Gasteiger partial charge in [0.2, 0.25) is 0 Å². The second-order valence-electron chi connectivity index (χ2n) is 10.1. The Bertz CT molecular complexity index is 2340. The maximum absolute atomic E-state index is 6.63. The summed E-state index contributed by atoms with van der Waals surface area (Å²) >= 11 is 0. The van der Waals surface area contributed by atoms with Crippen LogP contribution in [0.4, 0.5) is 0 Å². The number of hydrogen-bond acceptors (Lipinski definition) is 2. The summed E-state index contributed by atoms with van der Waals surface area (Å²) in [6, 6.07) is 40.8. The van der Waals surface area contributed by atoms with E-state index in [9.17, 15) is 0 Å². The topological polar surface area (TPSA) is 35.9 Å². The number of pyridine rings is 1. The molecule has 0 saturated heterocycles. The lowest BCUT2D eigenvalue weighted by Crippen LogP contribution is -1.93. The molecule has 0 spiro atoms. The molecule has 0 bridgehead atoms. The number of nitrogens with zero attached hydrogens (tertiary/aromatic N) is 3. The normalized spacial score (nSPS) is 12.1. The molecule has 0 aliphatic rings. The summed E-state index contributed by atoms with van der Waals surface area (Å²) in [6.45, 7) is 0. The van der Waals surface area contributed by atoms with E-state index in [0.717, 1.165) is 49.7 Å². The van der Waals surface area contributed by atoms with Crippen LogP contribution >= 0.6 is 0 Å². The Morgan fingerprint density at radius 2 is 1.15 bits per heavy atom. The molecule has 0 atom stereocenters. The van der Waals surface area contributed by atoms with Crippen molar-refractivity contribution >= 4 is 65.6 Å². The molecule has 0 saturated carbocycles. The van der Waals surface area contributed by atoms with Gasteiger partial charge < -0.3 is 13.6 Å². The number of hydrogen-bond donors (Lipinski definition) is 0. The standard InChI is InChI=1S/C35H21N3O/c1-4-12-29-24(9-1)25-10-2-5-13-30(25)37(29)22-15-18-33-28(20-22)26-16-17-32-34(35(26)39-33)27-11-3-6-14-31(27)38(32)23-8-7-19-36-21-23/h1-21H. The molecule has 0 unspecified atom stereocenters. The SMILES string of the molecule is c1cncc(-n2c3ccccc3c3c4oc5ccc(-n6c7ccccc7c7ccccc76)cc5c4ccc32)c1. The van der Waals surface area contributed by atoms with Crippen LogP contribution in [0.15, 0.2) is 132 Å². The van der Waals surface area contributed by atoms with Crippen LogP contribution in [0.25, 0.3) is 76.9 Å². The van der Waals surface area contributed by atoms with Crippen molar-refractivity contribution in [2.24, 2.45) is 0 Å². The molecule has 0 aliphatic heterocycles. The fraction of sp³-hybridized carbons (Fsp3) is 0. The number of benzene rings is 5. The van der Waals surface area contributed by atoms with Crippen LogP contribution in [0.3, 0.4) is 0 Å². The largest absolute Gasteiger partial charge is 0.455 e. The predicted octanol–water partition coefficient (Wildman–Crippen LogP) is 9.18. The minimum absolute atomic E-state index is 0.889. The Kier molecular flexibility index (Phi) is 4.02. The van der Waals surface area contributed by atoms with Gasteiger partial charge in [-0.05, 0) is 60.7 Å². The van der Waals surface area contributed by atoms with Crippen molar-refractivity contribution in [1.29, 1.82) is 0 Å². The van der Waals surface area contributed by atoms with Crippen molar-refractivity contribution in [2.75, 3.05) is 0 Å². The van der Waals surface area contributed by atoms with E-state index in [0.29, 0.717) is 0 Å². The smallest absolute Gasteiger partial charge is 0.145 e. The third kappa shape index (κ3) is 2.75. The van der Waals surface area contributed by atoms with Crippen LogP contribution in [-0.2, 0) is 0 Å². The van der Waals surface area contributed by atoms with Gasteiger partial charge in [-0.2, -0.15) is 0 Å². The van der Waals surface area contributed by atoms with Crippen molar-refractivity contribution in [3.63, 3.8) is 0 Å². The fourth-order valence-electron chi connectivity index (χ4n) is 6.38. The highest BCUT2D eigenvalue weighted by atomic mass is 16.3. The van der Waals surface area contributed by atoms with Gasteiger partial charge in [0.15, 0.2) is 0 Å². The summed E-state index contributed by atoms with van der Waals surface area (Å²) in [5.41, 5.74) is 8.62. The zero-order chi connectivity index (χ0) is 25.5. The Hall–Kier alpha value is -5.35. The second kappa shape index (κ2) is 7.59. The van der Waals surface area contributed by atoms with Gasteiger partial charge in [-0.15, -0.1) is 0 Å². The van der Waals surface area contributed by atoms with Crippen molar-refractivity contribution in [2.45, 2.75) is 0 Å². The van der Waals surface area contributed by atoms with E-state index >= 15 is 0 Å². The van der Waals surface area contributed by atoms with Crippen molar-refractivity contribution in [3.05, 3.63) is 128 Å².